The van der Waals surface area contributed by atoms with Gasteiger partial charge in [-0.05, 0) is 50.7 Å². The summed E-state index contributed by atoms with van der Waals surface area (Å²) in [5.74, 6) is 0.778. The van der Waals surface area contributed by atoms with Crippen molar-refractivity contribution in [1.29, 1.82) is 0 Å². The van der Waals surface area contributed by atoms with Crippen LogP contribution in [0, 0.1) is 5.41 Å². The highest BCUT2D eigenvalue weighted by molar-refractivity contribution is 5.73. The van der Waals surface area contributed by atoms with Crippen LogP contribution in [0.1, 0.15) is 46.5 Å². The lowest BCUT2D eigenvalue weighted by atomic mass is 10.0. The average Bonchev–Trinajstić information content (AvgIpc) is 3.11. The zero-order valence-corrected chi connectivity index (χ0v) is 12.3. The molecule has 1 aliphatic rings. The molecule has 1 saturated carbocycles. The largest absolute Gasteiger partial charge is 0.489 e. The molecule has 0 unspecified atom stereocenters. The van der Waals surface area contributed by atoms with E-state index in [9.17, 15) is 0 Å². The summed E-state index contributed by atoms with van der Waals surface area (Å²) in [6.07, 6.45) is 5.40. The third-order valence-electron chi connectivity index (χ3n) is 3.82. The molecule has 1 aromatic carbocycles. The molecule has 1 fully saturated rings. The average molecular weight is 262 g/mol. The summed E-state index contributed by atoms with van der Waals surface area (Å²) in [6, 6.07) is 5.96. The zero-order chi connectivity index (χ0) is 13.9. The molecule has 0 saturated heterocycles. The molecule has 106 valence electrons. The van der Waals surface area contributed by atoms with Crippen molar-refractivity contribution in [2.45, 2.75) is 52.6 Å². The first-order valence-electron chi connectivity index (χ1n) is 7.35. The molecule has 1 aliphatic carbocycles. The van der Waals surface area contributed by atoms with Crippen LogP contribution in [0.25, 0.3) is 0 Å². The Kier molecular flexibility index (Phi) is 4.23. The van der Waals surface area contributed by atoms with Crippen molar-refractivity contribution in [1.82, 2.24) is 0 Å². The van der Waals surface area contributed by atoms with Gasteiger partial charge in [-0.1, -0.05) is 19.4 Å². The number of benzene rings is 1. The molecule has 0 amide bonds. The van der Waals surface area contributed by atoms with Gasteiger partial charge in [0.25, 0.3) is 0 Å². The quantitative estimate of drug-likeness (QED) is 0.729. The normalized spacial score (nSPS) is 16.4. The van der Waals surface area contributed by atoms with Crippen LogP contribution in [-0.2, 0) is 0 Å². The SMILES string of the molecule is CCCC1(CNc2cccc(OC(C)C)c2N)CC1. The number of hydrogen-bond donors (Lipinski definition) is 2. The second-order valence-electron chi connectivity index (χ2n) is 5.99. The number of hydrogen-bond acceptors (Lipinski definition) is 3. The maximum atomic E-state index is 6.17. The molecular weight excluding hydrogens is 236 g/mol. The third-order valence-corrected chi connectivity index (χ3v) is 3.82. The van der Waals surface area contributed by atoms with E-state index in [4.69, 9.17) is 10.5 Å². The van der Waals surface area contributed by atoms with Crippen LogP contribution in [0.3, 0.4) is 0 Å². The Labute approximate surface area is 116 Å². The Balaban J connectivity index is 2.00. The zero-order valence-electron chi connectivity index (χ0n) is 12.3. The van der Waals surface area contributed by atoms with E-state index >= 15 is 0 Å². The van der Waals surface area contributed by atoms with E-state index in [0.717, 1.165) is 23.7 Å². The van der Waals surface area contributed by atoms with Crippen molar-refractivity contribution < 1.29 is 4.74 Å². The van der Waals surface area contributed by atoms with Crippen molar-refractivity contribution in [2.75, 3.05) is 17.6 Å². The summed E-state index contributed by atoms with van der Waals surface area (Å²) in [5, 5.41) is 3.51. The van der Waals surface area contributed by atoms with Crippen LogP contribution in [0.5, 0.6) is 5.75 Å². The van der Waals surface area contributed by atoms with Crippen molar-refractivity contribution in [3.8, 4) is 5.75 Å². The predicted octanol–water partition coefficient (Wildman–Crippen LogP) is 4.05. The van der Waals surface area contributed by atoms with E-state index in [1.165, 1.54) is 25.7 Å². The van der Waals surface area contributed by atoms with Gasteiger partial charge in [0.1, 0.15) is 5.75 Å². The van der Waals surface area contributed by atoms with Gasteiger partial charge in [0.15, 0.2) is 0 Å². The lowest BCUT2D eigenvalue weighted by molar-refractivity contribution is 0.244. The number of anilines is 2. The van der Waals surface area contributed by atoms with Gasteiger partial charge in [-0.15, -0.1) is 0 Å². The number of ether oxygens (including phenoxy) is 1. The fourth-order valence-electron chi connectivity index (χ4n) is 2.56. The van der Waals surface area contributed by atoms with Crippen LogP contribution in [0.4, 0.5) is 11.4 Å². The first-order chi connectivity index (χ1) is 9.06. The Hall–Kier alpha value is -1.38. The van der Waals surface area contributed by atoms with Gasteiger partial charge in [0.2, 0.25) is 0 Å². The molecule has 0 radical (unpaired) electrons. The minimum Gasteiger partial charge on any atom is -0.489 e. The van der Waals surface area contributed by atoms with Gasteiger partial charge in [-0.2, -0.15) is 0 Å². The van der Waals surface area contributed by atoms with Crippen LogP contribution < -0.4 is 15.8 Å². The molecule has 19 heavy (non-hydrogen) atoms. The number of nitrogens with one attached hydrogen (secondary N) is 1. The fourth-order valence-corrected chi connectivity index (χ4v) is 2.56. The van der Waals surface area contributed by atoms with Crippen molar-refractivity contribution in [3.05, 3.63) is 18.2 Å². The second kappa shape index (κ2) is 5.72. The molecule has 0 bridgehead atoms. The highest BCUT2D eigenvalue weighted by atomic mass is 16.5. The van der Waals surface area contributed by atoms with E-state index in [1.807, 2.05) is 32.0 Å². The summed E-state index contributed by atoms with van der Waals surface area (Å²) < 4.78 is 5.72. The van der Waals surface area contributed by atoms with E-state index in [-0.39, 0.29) is 6.10 Å². The highest BCUT2D eigenvalue weighted by Gasteiger charge is 2.41. The van der Waals surface area contributed by atoms with Gasteiger partial charge in [0.05, 0.1) is 17.5 Å². The fraction of sp³-hybridized carbons (Fsp3) is 0.625. The Morgan fingerprint density at radius 2 is 2.11 bits per heavy atom. The molecule has 3 nitrogen and oxygen atoms in total. The number of rotatable bonds is 7. The molecule has 0 aromatic heterocycles. The van der Waals surface area contributed by atoms with Crippen molar-refractivity contribution in [3.63, 3.8) is 0 Å². The lowest BCUT2D eigenvalue weighted by Gasteiger charge is -2.19. The molecule has 3 N–H and O–H groups in total. The van der Waals surface area contributed by atoms with Gasteiger partial charge in [-0.3, -0.25) is 0 Å². The molecule has 0 spiro atoms. The molecule has 0 atom stereocenters. The summed E-state index contributed by atoms with van der Waals surface area (Å²) in [5.41, 5.74) is 8.42. The molecule has 1 aromatic rings. The number of nitrogens with two attached hydrogens (primary N) is 1. The second-order valence-corrected chi connectivity index (χ2v) is 5.99. The first-order valence-corrected chi connectivity index (χ1v) is 7.35. The number of nitrogen functional groups attached to an aromatic ring is 1. The smallest absolute Gasteiger partial charge is 0.144 e. The summed E-state index contributed by atoms with van der Waals surface area (Å²) >= 11 is 0. The Bertz CT molecular complexity index is 425. The van der Waals surface area contributed by atoms with E-state index in [0.29, 0.717) is 5.41 Å². The number of para-hydroxylation sites is 1. The summed E-state index contributed by atoms with van der Waals surface area (Å²) in [6.45, 7) is 7.31. The first kappa shape index (κ1) is 14.0. The van der Waals surface area contributed by atoms with Crippen LogP contribution in [0.2, 0.25) is 0 Å². The summed E-state index contributed by atoms with van der Waals surface area (Å²) in [7, 11) is 0. The minimum atomic E-state index is 0.146. The van der Waals surface area contributed by atoms with Gasteiger partial charge >= 0.3 is 0 Å². The molecular formula is C16H26N2O. The van der Waals surface area contributed by atoms with E-state index < -0.39 is 0 Å². The molecule has 0 aliphatic heterocycles. The maximum Gasteiger partial charge on any atom is 0.144 e. The van der Waals surface area contributed by atoms with Crippen LogP contribution in [0.15, 0.2) is 18.2 Å². The van der Waals surface area contributed by atoms with Gasteiger partial charge in [-0.25, -0.2) is 0 Å². The topological polar surface area (TPSA) is 47.3 Å². The Morgan fingerprint density at radius 1 is 1.37 bits per heavy atom. The van der Waals surface area contributed by atoms with Gasteiger partial charge < -0.3 is 15.8 Å². The third kappa shape index (κ3) is 3.55. The standard InChI is InChI=1S/C16H26N2O/c1-4-8-16(9-10-16)11-18-13-6-5-7-14(15(13)17)19-12(2)3/h5-7,12,18H,4,8-11,17H2,1-3H3. The van der Waals surface area contributed by atoms with Gasteiger partial charge in [0, 0.05) is 6.54 Å². The van der Waals surface area contributed by atoms with Crippen molar-refractivity contribution >= 4 is 11.4 Å². The van der Waals surface area contributed by atoms with Crippen LogP contribution >= 0.6 is 0 Å². The van der Waals surface area contributed by atoms with E-state index in [2.05, 4.69) is 12.2 Å². The van der Waals surface area contributed by atoms with Crippen molar-refractivity contribution in [2.24, 2.45) is 5.41 Å². The van der Waals surface area contributed by atoms with E-state index in [1.54, 1.807) is 0 Å². The van der Waals surface area contributed by atoms with Crippen LogP contribution in [-0.4, -0.2) is 12.6 Å². The Morgan fingerprint density at radius 3 is 2.68 bits per heavy atom. The molecule has 3 heteroatoms. The molecule has 2 rings (SSSR count). The predicted molar refractivity (Wildman–Crippen MR) is 81.7 cm³/mol. The lowest BCUT2D eigenvalue weighted by Crippen LogP contribution is -2.16. The monoisotopic (exact) mass is 262 g/mol. The minimum absolute atomic E-state index is 0.146. The highest BCUT2D eigenvalue weighted by Crippen LogP contribution is 2.49. The maximum absolute atomic E-state index is 6.17. The summed E-state index contributed by atoms with van der Waals surface area (Å²) in [4.78, 5) is 0. The molecule has 0 heterocycles.